The summed E-state index contributed by atoms with van der Waals surface area (Å²) >= 11 is 0. The molecule has 136 valence electrons. The number of fused-ring (bicyclic) bond motifs is 1. The van der Waals surface area contributed by atoms with Crippen molar-refractivity contribution in [1.29, 1.82) is 0 Å². The highest BCUT2D eigenvalue weighted by molar-refractivity contribution is 6.03. The van der Waals surface area contributed by atoms with Crippen molar-refractivity contribution in [2.75, 3.05) is 16.8 Å². The van der Waals surface area contributed by atoms with Crippen LogP contribution in [0, 0.1) is 18.6 Å². The van der Waals surface area contributed by atoms with E-state index in [4.69, 9.17) is 0 Å². The quantitative estimate of drug-likeness (QED) is 0.761. The second-order valence-electron chi connectivity index (χ2n) is 6.27. The maximum Gasteiger partial charge on any atom is 0.274 e. The molecule has 1 aliphatic rings. The first-order valence-corrected chi connectivity index (χ1v) is 8.49. The second kappa shape index (κ2) is 6.75. The summed E-state index contributed by atoms with van der Waals surface area (Å²) in [6.45, 7) is 2.45. The summed E-state index contributed by atoms with van der Waals surface area (Å²) in [6.07, 6.45) is 0.890. The van der Waals surface area contributed by atoms with E-state index in [0.29, 0.717) is 17.7 Å². The average molecular weight is 366 g/mol. The molecule has 1 N–H and O–H groups in total. The van der Waals surface area contributed by atoms with Crippen LogP contribution >= 0.6 is 0 Å². The zero-order chi connectivity index (χ0) is 19.0. The SMILES string of the molecule is Cc1nc(C(=O)Nc2ccc(F)cc2F)cc(N2CCc3ccccc32)n1. The predicted octanol–water partition coefficient (Wildman–Crippen LogP) is 4.01. The number of benzene rings is 2. The highest BCUT2D eigenvalue weighted by atomic mass is 19.1. The van der Waals surface area contributed by atoms with E-state index >= 15 is 0 Å². The van der Waals surface area contributed by atoms with E-state index in [2.05, 4.69) is 21.4 Å². The number of halogens is 2. The number of rotatable bonds is 3. The van der Waals surface area contributed by atoms with Gasteiger partial charge in [0.25, 0.3) is 5.91 Å². The molecular weight excluding hydrogens is 350 g/mol. The minimum absolute atomic E-state index is 0.106. The van der Waals surface area contributed by atoms with Crippen LogP contribution in [0.4, 0.5) is 26.0 Å². The van der Waals surface area contributed by atoms with Gasteiger partial charge in [-0.15, -0.1) is 0 Å². The largest absolute Gasteiger partial charge is 0.326 e. The maximum absolute atomic E-state index is 13.8. The van der Waals surface area contributed by atoms with Crippen LogP contribution in [0.3, 0.4) is 0 Å². The molecule has 27 heavy (non-hydrogen) atoms. The standard InChI is InChI=1S/C20H16F2N4O/c1-12-23-17(20(27)25-16-7-6-14(21)10-15(16)22)11-19(24-12)26-9-8-13-4-2-3-5-18(13)26/h2-7,10-11H,8-9H2,1H3,(H,25,27). The Labute approximate surface area is 154 Å². The normalized spacial score (nSPS) is 12.8. The molecule has 0 atom stereocenters. The van der Waals surface area contributed by atoms with Crippen molar-refractivity contribution in [2.24, 2.45) is 0 Å². The van der Waals surface area contributed by atoms with Crippen LogP contribution in [0.25, 0.3) is 0 Å². The van der Waals surface area contributed by atoms with E-state index in [9.17, 15) is 13.6 Å². The number of hydrogen-bond donors (Lipinski definition) is 1. The zero-order valence-electron chi connectivity index (χ0n) is 14.5. The summed E-state index contributed by atoms with van der Waals surface area (Å²) in [5.41, 5.74) is 2.27. The Balaban J connectivity index is 1.64. The third kappa shape index (κ3) is 3.36. The van der Waals surface area contributed by atoms with Crippen LogP contribution in [0.5, 0.6) is 0 Å². The molecule has 0 saturated heterocycles. The van der Waals surface area contributed by atoms with Crippen LogP contribution < -0.4 is 10.2 Å². The Hall–Kier alpha value is -3.35. The van der Waals surface area contributed by atoms with Gasteiger partial charge < -0.3 is 10.2 Å². The van der Waals surface area contributed by atoms with E-state index in [1.165, 1.54) is 11.6 Å². The lowest BCUT2D eigenvalue weighted by Gasteiger charge is -2.19. The van der Waals surface area contributed by atoms with Crippen LogP contribution in [0.2, 0.25) is 0 Å². The van der Waals surface area contributed by atoms with Gasteiger partial charge in [-0.1, -0.05) is 18.2 Å². The number of nitrogens with zero attached hydrogens (tertiary/aromatic N) is 3. The molecule has 0 fully saturated rings. The molecule has 2 heterocycles. The first-order chi connectivity index (χ1) is 13.0. The molecule has 1 aliphatic heterocycles. The minimum Gasteiger partial charge on any atom is -0.326 e. The van der Waals surface area contributed by atoms with Crippen molar-refractivity contribution >= 4 is 23.1 Å². The fraction of sp³-hybridized carbons (Fsp3) is 0.150. The van der Waals surface area contributed by atoms with Gasteiger partial charge in [0.15, 0.2) is 0 Å². The molecule has 0 radical (unpaired) electrons. The highest BCUT2D eigenvalue weighted by Gasteiger charge is 2.23. The van der Waals surface area contributed by atoms with Crippen molar-refractivity contribution in [3.8, 4) is 0 Å². The number of aryl methyl sites for hydroxylation is 1. The first-order valence-electron chi connectivity index (χ1n) is 8.49. The average Bonchev–Trinajstić information content (AvgIpc) is 3.07. The summed E-state index contributed by atoms with van der Waals surface area (Å²) < 4.78 is 26.8. The lowest BCUT2D eigenvalue weighted by molar-refractivity contribution is 0.102. The number of aromatic nitrogens is 2. The fourth-order valence-corrected chi connectivity index (χ4v) is 3.16. The van der Waals surface area contributed by atoms with Crippen molar-refractivity contribution in [3.05, 3.63) is 77.2 Å². The molecule has 1 amide bonds. The van der Waals surface area contributed by atoms with Crippen molar-refractivity contribution in [3.63, 3.8) is 0 Å². The van der Waals surface area contributed by atoms with E-state index in [1.54, 1.807) is 13.0 Å². The number of carbonyl (C=O) groups is 1. The molecule has 0 saturated carbocycles. The number of nitrogens with one attached hydrogen (secondary N) is 1. The Morgan fingerprint density at radius 3 is 2.74 bits per heavy atom. The number of anilines is 3. The molecular formula is C20H16F2N4O. The molecule has 1 aromatic heterocycles. The topological polar surface area (TPSA) is 58.1 Å². The molecule has 0 unspecified atom stereocenters. The minimum atomic E-state index is -0.845. The molecule has 7 heteroatoms. The van der Waals surface area contributed by atoms with Gasteiger partial charge in [-0.25, -0.2) is 18.7 Å². The monoisotopic (exact) mass is 366 g/mol. The molecule has 0 bridgehead atoms. The summed E-state index contributed by atoms with van der Waals surface area (Å²) in [5, 5.41) is 2.43. The van der Waals surface area contributed by atoms with E-state index in [0.717, 1.165) is 24.7 Å². The molecule has 5 nitrogen and oxygen atoms in total. The summed E-state index contributed by atoms with van der Waals surface area (Å²) in [6, 6.07) is 12.6. The van der Waals surface area contributed by atoms with Gasteiger partial charge in [-0.3, -0.25) is 4.79 Å². The van der Waals surface area contributed by atoms with Gasteiger partial charge in [0.2, 0.25) is 0 Å². The molecule has 4 rings (SSSR count). The van der Waals surface area contributed by atoms with E-state index in [-0.39, 0.29) is 11.4 Å². The van der Waals surface area contributed by atoms with Crippen molar-refractivity contribution in [1.82, 2.24) is 9.97 Å². The first kappa shape index (κ1) is 17.1. The number of para-hydroxylation sites is 1. The van der Waals surface area contributed by atoms with Gasteiger partial charge in [0, 0.05) is 24.4 Å². The third-order valence-corrected chi connectivity index (χ3v) is 4.40. The van der Waals surface area contributed by atoms with Crippen LogP contribution in [0.15, 0.2) is 48.5 Å². The van der Waals surface area contributed by atoms with Gasteiger partial charge in [0.1, 0.15) is 29.0 Å². The second-order valence-corrected chi connectivity index (χ2v) is 6.27. The lowest BCUT2D eigenvalue weighted by Crippen LogP contribution is -2.20. The van der Waals surface area contributed by atoms with Crippen LogP contribution in [-0.4, -0.2) is 22.4 Å². The van der Waals surface area contributed by atoms with Crippen LogP contribution in [-0.2, 0) is 6.42 Å². The van der Waals surface area contributed by atoms with Crippen molar-refractivity contribution < 1.29 is 13.6 Å². The summed E-state index contributed by atoms with van der Waals surface area (Å²) in [5.74, 6) is -1.10. The fourth-order valence-electron chi connectivity index (χ4n) is 3.16. The van der Waals surface area contributed by atoms with Gasteiger partial charge in [-0.05, 0) is 37.1 Å². The molecule has 0 aliphatic carbocycles. The Kier molecular flexibility index (Phi) is 4.27. The predicted molar refractivity (Wildman–Crippen MR) is 98.2 cm³/mol. The smallest absolute Gasteiger partial charge is 0.274 e. The van der Waals surface area contributed by atoms with Crippen LogP contribution in [0.1, 0.15) is 21.9 Å². The number of carbonyl (C=O) groups excluding carboxylic acids is 1. The molecule has 3 aromatic rings. The maximum atomic E-state index is 13.8. The van der Waals surface area contributed by atoms with Gasteiger partial charge in [-0.2, -0.15) is 0 Å². The third-order valence-electron chi connectivity index (χ3n) is 4.40. The van der Waals surface area contributed by atoms with Gasteiger partial charge in [0.05, 0.1) is 5.69 Å². The summed E-state index contributed by atoms with van der Waals surface area (Å²) in [7, 11) is 0. The van der Waals surface area contributed by atoms with Gasteiger partial charge >= 0.3 is 0 Å². The Bertz CT molecular complexity index is 1040. The lowest BCUT2D eigenvalue weighted by atomic mass is 10.2. The molecule has 0 spiro atoms. The number of hydrogen-bond acceptors (Lipinski definition) is 4. The summed E-state index contributed by atoms with van der Waals surface area (Å²) in [4.78, 5) is 23.2. The van der Waals surface area contributed by atoms with E-state index < -0.39 is 17.5 Å². The van der Waals surface area contributed by atoms with Crippen molar-refractivity contribution in [2.45, 2.75) is 13.3 Å². The zero-order valence-corrected chi connectivity index (χ0v) is 14.5. The Morgan fingerprint density at radius 2 is 1.93 bits per heavy atom. The van der Waals surface area contributed by atoms with E-state index in [1.807, 2.05) is 23.1 Å². The highest BCUT2D eigenvalue weighted by Crippen LogP contribution is 2.33. The number of amides is 1. The Morgan fingerprint density at radius 1 is 1.11 bits per heavy atom. The molecule has 2 aromatic carbocycles.